The van der Waals surface area contributed by atoms with Crippen molar-refractivity contribution in [2.45, 2.75) is 44.1 Å². The Morgan fingerprint density at radius 3 is 2.44 bits per heavy atom. The van der Waals surface area contributed by atoms with Crippen LogP contribution in [0.1, 0.15) is 25.7 Å². The predicted octanol–water partition coefficient (Wildman–Crippen LogP) is 2.44. The van der Waals surface area contributed by atoms with E-state index in [-0.39, 0.29) is 6.61 Å². The minimum atomic E-state index is -4.03. The first-order valence-corrected chi connectivity index (χ1v) is 5.49. The van der Waals surface area contributed by atoms with E-state index < -0.39 is 19.0 Å². The number of hydrogen-bond donors (Lipinski definition) is 1. The fraction of sp³-hybridized carbons (Fsp3) is 1.00. The zero-order valence-electron chi connectivity index (χ0n) is 9.02. The third kappa shape index (κ3) is 4.65. The zero-order valence-corrected chi connectivity index (χ0v) is 9.02. The van der Waals surface area contributed by atoms with Crippen LogP contribution in [0.3, 0.4) is 0 Å². The molecule has 0 radical (unpaired) electrons. The van der Waals surface area contributed by atoms with Gasteiger partial charge in [0.15, 0.2) is 0 Å². The SMILES string of the molecule is FC(F)C(F)(F)COCCNC1CCCC1. The van der Waals surface area contributed by atoms with Crippen molar-refractivity contribution in [1.29, 1.82) is 0 Å². The molecule has 0 bridgehead atoms. The van der Waals surface area contributed by atoms with Crippen molar-refractivity contribution < 1.29 is 22.3 Å². The Morgan fingerprint density at radius 2 is 1.88 bits per heavy atom. The van der Waals surface area contributed by atoms with Crippen molar-refractivity contribution in [2.24, 2.45) is 0 Å². The number of hydrogen-bond acceptors (Lipinski definition) is 2. The highest BCUT2D eigenvalue weighted by Gasteiger charge is 2.40. The summed E-state index contributed by atoms with van der Waals surface area (Å²) in [5.74, 6) is -4.03. The number of alkyl halides is 4. The number of halogens is 4. The van der Waals surface area contributed by atoms with Crippen LogP contribution in [0, 0.1) is 0 Å². The lowest BCUT2D eigenvalue weighted by atomic mass is 10.2. The molecule has 0 unspecified atom stereocenters. The average molecular weight is 243 g/mol. The highest BCUT2D eigenvalue weighted by atomic mass is 19.3. The molecule has 1 N–H and O–H groups in total. The van der Waals surface area contributed by atoms with Gasteiger partial charge in [-0.2, -0.15) is 8.78 Å². The number of rotatable bonds is 7. The molecule has 1 saturated carbocycles. The van der Waals surface area contributed by atoms with Crippen molar-refractivity contribution in [1.82, 2.24) is 5.32 Å². The Kier molecular flexibility index (Phi) is 5.48. The molecule has 0 aromatic rings. The molecule has 1 aliphatic carbocycles. The van der Waals surface area contributed by atoms with Crippen LogP contribution in [0.15, 0.2) is 0 Å². The van der Waals surface area contributed by atoms with Gasteiger partial charge >= 0.3 is 12.3 Å². The Hall–Kier alpha value is -0.360. The number of nitrogens with one attached hydrogen (secondary N) is 1. The van der Waals surface area contributed by atoms with Crippen LogP contribution >= 0.6 is 0 Å². The first-order chi connectivity index (χ1) is 7.52. The van der Waals surface area contributed by atoms with Gasteiger partial charge in [0.1, 0.15) is 6.61 Å². The molecule has 1 aliphatic rings. The van der Waals surface area contributed by atoms with E-state index >= 15 is 0 Å². The monoisotopic (exact) mass is 243 g/mol. The molecular weight excluding hydrogens is 226 g/mol. The summed E-state index contributed by atoms with van der Waals surface area (Å²) in [6, 6.07) is 0.430. The molecule has 16 heavy (non-hydrogen) atoms. The molecule has 0 saturated heterocycles. The average Bonchev–Trinajstić information content (AvgIpc) is 2.69. The maximum atomic E-state index is 12.4. The van der Waals surface area contributed by atoms with E-state index in [2.05, 4.69) is 10.1 Å². The summed E-state index contributed by atoms with van der Waals surface area (Å²) in [5.41, 5.74) is 0. The summed E-state index contributed by atoms with van der Waals surface area (Å²) >= 11 is 0. The summed E-state index contributed by atoms with van der Waals surface area (Å²) in [4.78, 5) is 0. The Morgan fingerprint density at radius 1 is 1.25 bits per heavy atom. The quantitative estimate of drug-likeness (QED) is 0.547. The standard InChI is InChI=1S/C10H17F4NO/c11-9(12)10(13,14)7-16-6-5-15-8-3-1-2-4-8/h8-9,15H,1-7H2. The van der Waals surface area contributed by atoms with E-state index in [9.17, 15) is 17.6 Å². The molecule has 0 aliphatic heterocycles. The van der Waals surface area contributed by atoms with E-state index in [1.54, 1.807) is 0 Å². The highest BCUT2D eigenvalue weighted by Crippen LogP contribution is 2.22. The van der Waals surface area contributed by atoms with Crippen molar-refractivity contribution in [3.8, 4) is 0 Å². The normalized spacial score (nSPS) is 18.6. The molecule has 1 rings (SSSR count). The second kappa shape index (κ2) is 6.39. The minimum absolute atomic E-state index is 0.0405. The lowest BCUT2D eigenvalue weighted by Gasteiger charge is -2.16. The van der Waals surface area contributed by atoms with Gasteiger partial charge in [-0.05, 0) is 12.8 Å². The molecule has 0 aromatic heterocycles. The molecule has 0 heterocycles. The molecule has 96 valence electrons. The largest absolute Gasteiger partial charge is 0.374 e. The van der Waals surface area contributed by atoms with Gasteiger partial charge in [-0.3, -0.25) is 0 Å². The molecular formula is C10H17F4NO. The summed E-state index contributed by atoms with van der Waals surface area (Å²) in [6.07, 6.45) is 0.889. The first-order valence-electron chi connectivity index (χ1n) is 5.49. The van der Waals surface area contributed by atoms with E-state index in [4.69, 9.17) is 0 Å². The topological polar surface area (TPSA) is 21.3 Å². The third-order valence-electron chi connectivity index (χ3n) is 2.65. The molecule has 2 nitrogen and oxygen atoms in total. The fourth-order valence-corrected chi connectivity index (χ4v) is 1.74. The van der Waals surface area contributed by atoms with Gasteiger partial charge in [0.2, 0.25) is 0 Å². The molecule has 0 spiro atoms. The molecule has 0 atom stereocenters. The van der Waals surface area contributed by atoms with Gasteiger partial charge in [-0.1, -0.05) is 12.8 Å². The van der Waals surface area contributed by atoms with Gasteiger partial charge in [-0.15, -0.1) is 0 Å². The van der Waals surface area contributed by atoms with Gasteiger partial charge in [0.05, 0.1) is 6.61 Å². The van der Waals surface area contributed by atoms with Crippen molar-refractivity contribution >= 4 is 0 Å². The lowest BCUT2D eigenvalue weighted by Crippen LogP contribution is -2.35. The minimum Gasteiger partial charge on any atom is -0.374 e. The van der Waals surface area contributed by atoms with Crippen molar-refractivity contribution in [3.05, 3.63) is 0 Å². The second-order valence-corrected chi connectivity index (χ2v) is 4.05. The van der Waals surface area contributed by atoms with Crippen LogP contribution in [0.25, 0.3) is 0 Å². The highest BCUT2D eigenvalue weighted by molar-refractivity contribution is 4.73. The Labute approximate surface area is 92.3 Å². The van der Waals surface area contributed by atoms with Crippen LogP contribution < -0.4 is 5.32 Å². The maximum absolute atomic E-state index is 12.4. The molecule has 1 fully saturated rings. The fourth-order valence-electron chi connectivity index (χ4n) is 1.74. The Bertz CT molecular complexity index is 195. The zero-order chi connectivity index (χ0) is 12.0. The predicted molar refractivity (Wildman–Crippen MR) is 52.0 cm³/mol. The van der Waals surface area contributed by atoms with E-state index in [1.165, 1.54) is 12.8 Å². The lowest BCUT2D eigenvalue weighted by molar-refractivity contribution is -0.165. The van der Waals surface area contributed by atoms with Crippen LogP contribution in [0.2, 0.25) is 0 Å². The van der Waals surface area contributed by atoms with Crippen LogP contribution in [-0.4, -0.2) is 38.1 Å². The second-order valence-electron chi connectivity index (χ2n) is 4.05. The third-order valence-corrected chi connectivity index (χ3v) is 2.65. The van der Waals surface area contributed by atoms with Crippen LogP contribution in [0.5, 0.6) is 0 Å². The Balaban J connectivity index is 1.99. The van der Waals surface area contributed by atoms with Gasteiger partial charge < -0.3 is 10.1 Å². The van der Waals surface area contributed by atoms with Crippen LogP contribution in [-0.2, 0) is 4.74 Å². The maximum Gasteiger partial charge on any atom is 0.330 e. The summed E-state index contributed by atoms with van der Waals surface area (Å²) in [7, 11) is 0. The molecule has 0 aromatic carbocycles. The van der Waals surface area contributed by atoms with E-state index in [1.807, 2.05) is 0 Å². The summed E-state index contributed by atoms with van der Waals surface area (Å²) in [5, 5.41) is 3.14. The van der Waals surface area contributed by atoms with Gasteiger partial charge in [-0.25, -0.2) is 8.78 Å². The number of ether oxygens (including phenoxy) is 1. The smallest absolute Gasteiger partial charge is 0.330 e. The molecule has 0 amide bonds. The van der Waals surface area contributed by atoms with Crippen molar-refractivity contribution in [2.75, 3.05) is 19.8 Å². The van der Waals surface area contributed by atoms with Crippen LogP contribution in [0.4, 0.5) is 17.6 Å². The summed E-state index contributed by atoms with van der Waals surface area (Å²) in [6.45, 7) is -0.736. The summed E-state index contributed by atoms with van der Waals surface area (Å²) < 4.78 is 52.7. The molecule has 6 heteroatoms. The van der Waals surface area contributed by atoms with E-state index in [0.717, 1.165) is 12.8 Å². The van der Waals surface area contributed by atoms with E-state index in [0.29, 0.717) is 12.6 Å². The van der Waals surface area contributed by atoms with Crippen molar-refractivity contribution in [3.63, 3.8) is 0 Å². The van der Waals surface area contributed by atoms with Gasteiger partial charge in [0.25, 0.3) is 0 Å². The van der Waals surface area contributed by atoms with Gasteiger partial charge in [0, 0.05) is 12.6 Å². The first kappa shape index (κ1) is 13.7.